The van der Waals surface area contributed by atoms with Crippen molar-refractivity contribution >= 4 is 16.7 Å². The molecule has 4 aliphatic carbocycles. The van der Waals surface area contributed by atoms with Gasteiger partial charge in [-0.1, -0.05) is 63.2 Å². The molecule has 0 aliphatic heterocycles. The van der Waals surface area contributed by atoms with Crippen LogP contribution in [0.3, 0.4) is 0 Å². The Hall–Kier alpha value is -1.91. The molecular weight excluding hydrogens is 484 g/mol. The molecule has 0 radical (unpaired) electrons. The van der Waals surface area contributed by atoms with E-state index in [1.54, 1.807) is 0 Å². The summed E-state index contributed by atoms with van der Waals surface area (Å²) >= 11 is 0. The minimum Gasteiger partial charge on any atom is -0.461 e. The van der Waals surface area contributed by atoms with Crippen molar-refractivity contribution in [2.24, 2.45) is 46.3 Å². The summed E-state index contributed by atoms with van der Waals surface area (Å²) in [5.74, 6) is 3.16. The van der Waals surface area contributed by atoms with Crippen LogP contribution < -0.4 is 0 Å². The number of hydrogen-bond acceptors (Lipinski definition) is 4. The number of carbonyl (C=O) groups excluding carboxylic acids is 1. The molecule has 10 atom stereocenters. The molecule has 212 valence electrons. The minimum atomic E-state index is -0.278. The number of carbonyl (C=O) groups is 1. The standard InChI is InChI=1S/C35H48O4/c1-22(11-16-33(38)39-21-24-9-6-8-23-7-4-5-10-27(23)24)29-14-15-30-28-13-12-25-19-26(36)17-18-34(25,2)31(28)20-32(37)35(29,30)3/h4-10,22,25-26,28-32,36-37H,11-21H2,1-3H3/t22-,25?,26-,28+,29-,30+,31+,32+,34+,35-/m1/s1. The molecular formula is C35H48O4. The average molecular weight is 533 g/mol. The highest BCUT2D eigenvalue weighted by atomic mass is 16.5. The molecule has 0 spiro atoms. The number of rotatable bonds is 6. The third-order valence-electron chi connectivity index (χ3n) is 12.6. The van der Waals surface area contributed by atoms with Gasteiger partial charge < -0.3 is 14.9 Å². The summed E-state index contributed by atoms with van der Waals surface area (Å²) in [6.45, 7) is 7.48. The van der Waals surface area contributed by atoms with Crippen molar-refractivity contribution < 1.29 is 19.7 Å². The summed E-state index contributed by atoms with van der Waals surface area (Å²) in [4.78, 5) is 12.8. The van der Waals surface area contributed by atoms with Crippen molar-refractivity contribution in [2.75, 3.05) is 0 Å². The molecule has 39 heavy (non-hydrogen) atoms. The summed E-state index contributed by atoms with van der Waals surface area (Å²) in [7, 11) is 0. The Morgan fingerprint density at radius 2 is 1.77 bits per heavy atom. The van der Waals surface area contributed by atoms with E-state index in [4.69, 9.17) is 4.74 Å². The molecule has 0 heterocycles. The molecule has 4 fully saturated rings. The lowest BCUT2D eigenvalue weighted by atomic mass is 9.43. The lowest BCUT2D eigenvalue weighted by Gasteiger charge is -2.62. The smallest absolute Gasteiger partial charge is 0.306 e. The summed E-state index contributed by atoms with van der Waals surface area (Å²) in [5, 5.41) is 24.4. The Balaban J connectivity index is 1.08. The fourth-order valence-electron chi connectivity index (χ4n) is 10.4. The van der Waals surface area contributed by atoms with Crippen LogP contribution in [0.1, 0.15) is 90.5 Å². The fraction of sp³-hybridized carbons (Fsp3) is 0.686. The molecule has 4 nitrogen and oxygen atoms in total. The zero-order valence-electron chi connectivity index (χ0n) is 24.1. The highest BCUT2D eigenvalue weighted by Crippen LogP contribution is 2.68. The maximum Gasteiger partial charge on any atom is 0.306 e. The normalized spacial score (nSPS) is 40.4. The van der Waals surface area contributed by atoms with Gasteiger partial charge in [-0.2, -0.15) is 0 Å². The molecule has 4 aliphatic rings. The molecule has 2 aromatic rings. The SMILES string of the molecule is C[C@H](CCC(=O)OCc1cccc2ccccc12)[C@H]1CC[C@H]2[C@@H]3CCC4C[C@H](O)CC[C@]4(C)[C@H]3C[C@H](O)[C@]12C. The van der Waals surface area contributed by atoms with Gasteiger partial charge in [-0.05, 0) is 120 Å². The summed E-state index contributed by atoms with van der Waals surface area (Å²) in [5.41, 5.74) is 1.25. The van der Waals surface area contributed by atoms with Crippen LogP contribution in [0.15, 0.2) is 42.5 Å². The molecule has 0 aromatic heterocycles. The second kappa shape index (κ2) is 10.5. The second-order valence-electron chi connectivity index (χ2n) is 14.2. The average Bonchev–Trinajstić information content (AvgIpc) is 3.30. The molecule has 1 unspecified atom stereocenters. The quantitative estimate of drug-likeness (QED) is 0.383. The third-order valence-corrected chi connectivity index (χ3v) is 12.6. The highest BCUT2D eigenvalue weighted by molar-refractivity contribution is 5.85. The van der Waals surface area contributed by atoms with Crippen molar-refractivity contribution in [1.29, 1.82) is 0 Å². The first-order valence-corrected chi connectivity index (χ1v) is 15.7. The van der Waals surface area contributed by atoms with E-state index >= 15 is 0 Å². The largest absolute Gasteiger partial charge is 0.461 e. The number of hydrogen-bond donors (Lipinski definition) is 2. The molecule has 2 N–H and O–H groups in total. The minimum absolute atomic E-state index is 0.0647. The highest BCUT2D eigenvalue weighted by Gasteiger charge is 2.63. The van der Waals surface area contributed by atoms with E-state index in [9.17, 15) is 15.0 Å². The van der Waals surface area contributed by atoms with Crippen LogP contribution in [0.4, 0.5) is 0 Å². The van der Waals surface area contributed by atoms with Gasteiger partial charge in [0.25, 0.3) is 0 Å². The third kappa shape index (κ3) is 4.64. The summed E-state index contributed by atoms with van der Waals surface area (Å²) in [6, 6.07) is 14.4. The van der Waals surface area contributed by atoms with Gasteiger partial charge in [0.15, 0.2) is 0 Å². The second-order valence-corrected chi connectivity index (χ2v) is 14.2. The fourth-order valence-corrected chi connectivity index (χ4v) is 10.4. The molecule has 4 heteroatoms. The van der Waals surface area contributed by atoms with E-state index in [2.05, 4.69) is 39.0 Å². The molecule has 6 rings (SSSR count). The number of esters is 1. The predicted molar refractivity (Wildman–Crippen MR) is 155 cm³/mol. The van der Waals surface area contributed by atoms with Crippen LogP contribution >= 0.6 is 0 Å². The van der Waals surface area contributed by atoms with Crippen LogP contribution in [-0.2, 0) is 16.1 Å². The Morgan fingerprint density at radius 3 is 2.62 bits per heavy atom. The first-order chi connectivity index (χ1) is 18.7. The van der Waals surface area contributed by atoms with Crippen LogP contribution in [0.2, 0.25) is 0 Å². The van der Waals surface area contributed by atoms with Crippen molar-refractivity contribution in [3.63, 3.8) is 0 Å². The Bertz CT molecular complexity index is 1190. The Kier molecular flexibility index (Phi) is 7.33. The number of fused-ring (bicyclic) bond motifs is 6. The van der Waals surface area contributed by atoms with Crippen LogP contribution in [0.5, 0.6) is 0 Å². The van der Waals surface area contributed by atoms with Gasteiger partial charge in [0.05, 0.1) is 12.2 Å². The number of ether oxygens (including phenoxy) is 1. The van der Waals surface area contributed by atoms with Gasteiger partial charge in [-0.3, -0.25) is 4.79 Å². The zero-order chi connectivity index (χ0) is 27.4. The monoisotopic (exact) mass is 532 g/mol. The maximum absolute atomic E-state index is 12.8. The van der Waals surface area contributed by atoms with Crippen molar-refractivity contribution in [3.05, 3.63) is 48.0 Å². The summed E-state index contributed by atoms with van der Waals surface area (Å²) in [6.07, 6.45) is 9.60. The van der Waals surface area contributed by atoms with Crippen molar-refractivity contribution in [2.45, 2.75) is 104 Å². The molecule has 2 aromatic carbocycles. The topological polar surface area (TPSA) is 66.8 Å². The van der Waals surface area contributed by atoms with E-state index in [1.165, 1.54) is 24.6 Å². The zero-order valence-corrected chi connectivity index (χ0v) is 24.1. The van der Waals surface area contributed by atoms with Crippen LogP contribution in [-0.4, -0.2) is 28.4 Å². The molecule has 4 saturated carbocycles. The predicted octanol–water partition coefficient (Wildman–Crippen LogP) is 7.29. The van der Waals surface area contributed by atoms with Crippen molar-refractivity contribution in [3.8, 4) is 0 Å². The van der Waals surface area contributed by atoms with Gasteiger partial charge in [0.1, 0.15) is 6.61 Å². The van der Waals surface area contributed by atoms with E-state index in [0.717, 1.165) is 49.5 Å². The van der Waals surface area contributed by atoms with E-state index < -0.39 is 0 Å². The van der Waals surface area contributed by atoms with E-state index in [0.29, 0.717) is 48.5 Å². The van der Waals surface area contributed by atoms with Gasteiger partial charge in [-0.25, -0.2) is 0 Å². The van der Waals surface area contributed by atoms with Gasteiger partial charge >= 0.3 is 5.97 Å². The van der Waals surface area contributed by atoms with E-state index in [-0.39, 0.29) is 29.0 Å². The number of aliphatic hydroxyl groups is 2. The molecule has 0 bridgehead atoms. The molecule has 0 saturated heterocycles. The van der Waals surface area contributed by atoms with Gasteiger partial charge in [-0.15, -0.1) is 0 Å². The van der Waals surface area contributed by atoms with Crippen LogP contribution in [0, 0.1) is 46.3 Å². The first kappa shape index (κ1) is 27.3. The Labute approximate surface area is 234 Å². The number of benzene rings is 2. The van der Waals surface area contributed by atoms with Crippen LogP contribution in [0.25, 0.3) is 10.8 Å². The summed E-state index contributed by atoms with van der Waals surface area (Å²) < 4.78 is 5.74. The first-order valence-electron chi connectivity index (χ1n) is 15.7. The maximum atomic E-state index is 12.8. The molecule has 0 amide bonds. The van der Waals surface area contributed by atoms with Gasteiger partial charge in [0.2, 0.25) is 0 Å². The number of aliphatic hydroxyl groups excluding tert-OH is 2. The lowest BCUT2D eigenvalue weighted by molar-refractivity contribution is -0.175. The lowest BCUT2D eigenvalue weighted by Crippen LogP contribution is -2.58. The van der Waals surface area contributed by atoms with E-state index in [1.807, 2.05) is 24.3 Å². The van der Waals surface area contributed by atoms with Gasteiger partial charge in [0, 0.05) is 6.42 Å². The van der Waals surface area contributed by atoms with Crippen molar-refractivity contribution in [1.82, 2.24) is 0 Å². The Morgan fingerprint density at radius 1 is 0.974 bits per heavy atom.